The lowest BCUT2D eigenvalue weighted by atomic mass is 10.1. The number of sulfonamides is 1. The Hall–Kier alpha value is -2.98. The maximum Gasteiger partial charge on any atom is 0.404 e. The van der Waals surface area contributed by atoms with Gasteiger partial charge >= 0.3 is 6.09 Å². The number of halogens is 1. The number of carbonyl (C=O) groups excluding carboxylic acids is 1. The Balaban J connectivity index is 2.12. The van der Waals surface area contributed by atoms with E-state index < -0.39 is 33.3 Å². The number of primary amides is 1. The molecule has 2 amide bonds. The molecule has 0 bridgehead atoms. The summed E-state index contributed by atoms with van der Waals surface area (Å²) in [6, 6.07) is 8.46. The molecule has 0 aromatic heterocycles. The first-order valence-corrected chi connectivity index (χ1v) is 9.87. The number of anilines is 1. The molecule has 0 aliphatic carbocycles. The fourth-order valence-electron chi connectivity index (χ4n) is 2.36. The Labute approximate surface area is 166 Å². The monoisotopic (exact) mass is 427 g/mol. The van der Waals surface area contributed by atoms with E-state index in [2.05, 4.69) is 10.0 Å². The number of amides is 2. The second-order valence-corrected chi connectivity index (χ2v) is 7.89. The lowest BCUT2D eigenvalue weighted by Gasteiger charge is -2.11. The molecule has 0 fully saturated rings. The summed E-state index contributed by atoms with van der Waals surface area (Å²) in [5.41, 5.74) is 5.89. The maximum absolute atomic E-state index is 12.5. The average molecular weight is 428 g/mol. The molecule has 0 radical (unpaired) electrons. The molecule has 0 aliphatic rings. The molecule has 2 rings (SSSR count). The topological polar surface area (TPSA) is 159 Å². The van der Waals surface area contributed by atoms with Gasteiger partial charge in [0.1, 0.15) is 5.75 Å². The van der Waals surface area contributed by atoms with Crippen LogP contribution >= 0.6 is 11.6 Å². The molecule has 11 heteroatoms. The number of aryl methyl sites for hydroxylation is 1. The van der Waals surface area contributed by atoms with Crippen molar-refractivity contribution in [3.05, 3.63) is 52.5 Å². The van der Waals surface area contributed by atoms with E-state index in [1.54, 1.807) is 24.3 Å². The second-order valence-electron chi connectivity index (χ2n) is 5.80. The largest absolute Gasteiger partial charge is 0.506 e. The van der Waals surface area contributed by atoms with E-state index in [-0.39, 0.29) is 15.6 Å². The van der Waals surface area contributed by atoms with Crippen molar-refractivity contribution in [1.29, 1.82) is 0 Å². The van der Waals surface area contributed by atoms with Gasteiger partial charge in [-0.15, -0.1) is 0 Å². The van der Waals surface area contributed by atoms with E-state index in [0.29, 0.717) is 19.4 Å². The van der Waals surface area contributed by atoms with Gasteiger partial charge in [0, 0.05) is 12.2 Å². The van der Waals surface area contributed by atoms with Crippen LogP contribution in [-0.2, 0) is 16.4 Å². The summed E-state index contributed by atoms with van der Waals surface area (Å²) >= 11 is 5.78. The molecule has 6 N–H and O–H groups in total. The number of aromatic hydroxyl groups is 1. The van der Waals surface area contributed by atoms with Gasteiger partial charge in [-0.3, -0.25) is 9.52 Å². The van der Waals surface area contributed by atoms with E-state index >= 15 is 0 Å². The minimum atomic E-state index is -4.08. The van der Waals surface area contributed by atoms with Crippen LogP contribution in [0.25, 0.3) is 0 Å². The highest BCUT2D eigenvalue weighted by atomic mass is 35.5. The minimum absolute atomic E-state index is 0.275. The van der Waals surface area contributed by atoms with Crippen molar-refractivity contribution < 1.29 is 28.2 Å². The third-order valence-electron chi connectivity index (χ3n) is 3.74. The van der Waals surface area contributed by atoms with E-state index in [4.69, 9.17) is 22.4 Å². The predicted molar refractivity (Wildman–Crippen MR) is 103 cm³/mol. The van der Waals surface area contributed by atoms with Gasteiger partial charge in [0.25, 0.3) is 15.9 Å². The zero-order chi connectivity index (χ0) is 20.9. The lowest BCUT2D eigenvalue weighted by molar-refractivity contribution is 0.0997. The molecule has 9 nitrogen and oxygen atoms in total. The van der Waals surface area contributed by atoms with Gasteiger partial charge in [0.15, 0.2) is 0 Å². The highest BCUT2D eigenvalue weighted by Crippen LogP contribution is 2.31. The molecule has 0 aliphatic heterocycles. The molecule has 0 saturated heterocycles. The summed E-state index contributed by atoms with van der Waals surface area (Å²) in [6.07, 6.45) is 0.126. The van der Waals surface area contributed by atoms with Gasteiger partial charge in [-0.05, 0) is 42.7 Å². The number of nitrogens with one attached hydrogen (secondary N) is 2. The number of nitrogens with two attached hydrogens (primary N) is 1. The normalized spacial score (nSPS) is 11.0. The summed E-state index contributed by atoms with van der Waals surface area (Å²) in [7, 11) is -4.08. The number of carboxylic acid groups (broad SMARTS) is 1. The van der Waals surface area contributed by atoms with Crippen molar-refractivity contribution in [2.75, 3.05) is 11.3 Å². The molecule has 150 valence electrons. The molecule has 0 atom stereocenters. The molecule has 28 heavy (non-hydrogen) atoms. The Morgan fingerprint density at radius 2 is 1.79 bits per heavy atom. The van der Waals surface area contributed by atoms with Crippen molar-refractivity contribution >= 4 is 39.3 Å². The van der Waals surface area contributed by atoms with Crippen LogP contribution in [-0.4, -0.2) is 37.2 Å². The lowest BCUT2D eigenvalue weighted by Crippen LogP contribution is -2.22. The fourth-order valence-corrected chi connectivity index (χ4v) is 3.75. The zero-order valence-corrected chi connectivity index (χ0v) is 16.0. The predicted octanol–water partition coefficient (Wildman–Crippen LogP) is 2.15. The summed E-state index contributed by atoms with van der Waals surface area (Å²) in [4.78, 5) is 21.4. The van der Waals surface area contributed by atoms with Gasteiger partial charge < -0.3 is 21.3 Å². The molecule has 0 unspecified atom stereocenters. The molecular formula is C17H18ClN3O6S. The molecule has 0 heterocycles. The van der Waals surface area contributed by atoms with Crippen molar-refractivity contribution in [2.45, 2.75) is 17.7 Å². The van der Waals surface area contributed by atoms with Gasteiger partial charge in [0.05, 0.1) is 15.5 Å². The van der Waals surface area contributed by atoms with Crippen LogP contribution in [0.3, 0.4) is 0 Å². The first-order valence-electron chi connectivity index (χ1n) is 8.01. The first-order chi connectivity index (χ1) is 13.1. The highest BCUT2D eigenvalue weighted by molar-refractivity contribution is 7.92. The number of hydrogen-bond acceptors (Lipinski definition) is 5. The second kappa shape index (κ2) is 8.81. The first kappa shape index (κ1) is 21.3. The van der Waals surface area contributed by atoms with Gasteiger partial charge in [-0.2, -0.15) is 0 Å². The van der Waals surface area contributed by atoms with Gasteiger partial charge in [-0.25, -0.2) is 13.2 Å². The van der Waals surface area contributed by atoms with Crippen LogP contribution in [0.4, 0.5) is 10.5 Å². The number of hydrogen-bond donors (Lipinski definition) is 5. The number of carbonyl (C=O) groups is 2. The smallest absolute Gasteiger partial charge is 0.404 e. The number of benzene rings is 2. The van der Waals surface area contributed by atoms with Gasteiger partial charge in [-0.1, -0.05) is 23.7 Å². The molecule has 0 spiro atoms. The Bertz CT molecular complexity index is 993. The summed E-state index contributed by atoms with van der Waals surface area (Å²) in [5, 5.41) is 20.2. The van der Waals surface area contributed by atoms with Crippen LogP contribution < -0.4 is 15.8 Å². The molecular weight excluding hydrogens is 410 g/mol. The van der Waals surface area contributed by atoms with E-state index in [1.165, 1.54) is 0 Å². The number of rotatable bonds is 8. The fraction of sp³-hybridized carbons (Fsp3) is 0.176. The summed E-state index contributed by atoms with van der Waals surface area (Å²) < 4.78 is 27.4. The van der Waals surface area contributed by atoms with Crippen LogP contribution in [0, 0.1) is 0 Å². The molecule has 0 saturated carbocycles. The van der Waals surface area contributed by atoms with E-state index in [1.807, 2.05) is 0 Å². The van der Waals surface area contributed by atoms with Crippen molar-refractivity contribution in [3.63, 3.8) is 0 Å². The van der Waals surface area contributed by atoms with Crippen LogP contribution in [0.5, 0.6) is 5.75 Å². The van der Waals surface area contributed by atoms with Crippen LogP contribution in [0.1, 0.15) is 22.3 Å². The molecule has 2 aromatic rings. The number of phenols is 1. The van der Waals surface area contributed by atoms with Crippen LogP contribution in [0.15, 0.2) is 41.3 Å². The Morgan fingerprint density at radius 3 is 2.36 bits per heavy atom. The Morgan fingerprint density at radius 1 is 1.14 bits per heavy atom. The Kier molecular flexibility index (Phi) is 6.71. The van der Waals surface area contributed by atoms with Crippen LogP contribution in [0.2, 0.25) is 5.02 Å². The maximum atomic E-state index is 12.5. The molecule has 2 aromatic carbocycles. The minimum Gasteiger partial charge on any atom is -0.506 e. The van der Waals surface area contributed by atoms with Crippen molar-refractivity contribution in [2.24, 2.45) is 5.73 Å². The van der Waals surface area contributed by atoms with Crippen molar-refractivity contribution in [1.82, 2.24) is 5.32 Å². The average Bonchev–Trinajstić information content (AvgIpc) is 2.61. The summed E-state index contributed by atoms with van der Waals surface area (Å²) in [5.74, 6) is -1.60. The van der Waals surface area contributed by atoms with Gasteiger partial charge in [0.2, 0.25) is 0 Å². The summed E-state index contributed by atoms with van der Waals surface area (Å²) in [6.45, 7) is 0.313. The SMILES string of the molecule is NC(=O)c1cc(S(=O)(=O)Nc2ccc(CCCNC(=O)O)cc2)cc(Cl)c1O. The third kappa shape index (κ3) is 5.51. The van der Waals surface area contributed by atoms with E-state index in [0.717, 1.165) is 17.7 Å². The van der Waals surface area contributed by atoms with E-state index in [9.17, 15) is 23.1 Å². The quantitative estimate of drug-likeness (QED) is 0.406. The highest BCUT2D eigenvalue weighted by Gasteiger charge is 2.21. The standard InChI is InChI=1S/C17H18ClN3O6S/c18-14-9-12(8-13(15(14)22)16(19)23)28(26,27)21-11-5-3-10(4-6-11)2-1-7-20-17(24)25/h3-6,8-9,20-22H,1-2,7H2,(H2,19,23)(H,24,25). The zero-order valence-electron chi connectivity index (χ0n) is 14.5. The third-order valence-corrected chi connectivity index (χ3v) is 5.39. The van der Waals surface area contributed by atoms with Crippen molar-refractivity contribution in [3.8, 4) is 5.75 Å².